The number of rotatable bonds is 0. The fourth-order valence-corrected chi connectivity index (χ4v) is 2.89. The first-order valence-electron chi connectivity index (χ1n) is 4.75. The lowest BCUT2D eigenvalue weighted by molar-refractivity contribution is -0.141. The SMILES string of the molecule is O=C1C(=O)[C@H]2CC3(CC3)C[C@H]2C1=O. The van der Waals surface area contributed by atoms with Gasteiger partial charge in [0, 0.05) is 11.8 Å². The Morgan fingerprint density at radius 1 is 0.923 bits per heavy atom. The molecule has 0 unspecified atom stereocenters. The number of carbonyl (C=O) groups is 3. The lowest BCUT2D eigenvalue weighted by Crippen LogP contribution is -2.18. The van der Waals surface area contributed by atoms with Crippen LogP contribution in [0.25, 0.3) is 0 Å². The third-order valence-electron chi connectivity index (χ3n) is 3.87. The van der Waals surface area contributed by atoms with Gasteiger partial charge in [-0.1, -0.05) is 0 Å². The first-order valence-corrected chi connectivity index (χ1v) is 4.75. The maximum atomic E-state index is 11.3. The molecule has 3 rings (SSSR count). The molecule has 2 atom stereocenters. The summed E-state index contributed by atoms with van der Waals surface area (Å²) in [6.07, 6.45) is 3.89. The zero-order valence-electron chi connectivity index (χ0n) is 7.21. The lowest BCUT2D eigenvalue weighted by atomic mass is 10.00. The van der Waals surface area contributed by atoms with Crippen LogP contribution in [0, 0.1) is 17.3 Å². The van der Waals surface area contributed by atoms with Crippen molar-refractivity contribution in [3.05, 3.63) is 0 Å². The van der Waals surface area contributed by atoms with Gasteiger partial charge in [-0.3, -0.25) is 14.4 Å². The minimum absolute atomic E-state index is 0.234. The average Bonchev–Trinajstić information content (AvgIpc) is 2.70. The molecule has 1 spiro atoms. The van der Waals surface area contributed by atoms with Crippen molar-refractivity contribution in [2.75, 3.05) is 0 Å². The quantitative estimate of drug-likeness (QED) is 0.508. The summed E-state index contributed by atoms with van der Waals surface area (Å²) in [7, 11) is 0. The van der Waals surface area contributed by atoms with Crippen molar-refractivity contribution in [2.24, 2.45) is 17.3 Å². The second-order valence-electron chi connectivity index (χ2n) is 4.68. The van der Waals surface area contributed by atoms with E-state index in [0.29, 0.717) is 5.41 Å². The van der Waals surface area contributed by atoms with Crippen molar-refractivity contribution in [3.63, 3.8) is 0 Å². The number of hydrogen-bond donors (Lipinski definition) is 0. The van der Waals surface area contributed by atoms with Gasteiger partial charge in [-0.15, -0.1) is 0 Å². The van der Waals surface area contributed by atoms with E-state index < -0.39 is 17.3 Å². The van der Waals surface area contributed by atoms with Crippen LogP contribution in [0.2, 0.25) is 0 Å². The van der Waals surface area contributed by atoms with Crippen molar-refractivity contribution in [2.45, 2.75) is 25.7 Å². The van der Waals surface area contributed by atoms with Gasteiger partial charge in [0.05, 0.1) is 0 Å². The van der Waals surface area contributed by atoms with Gasteiger partial charge < -0.3 is 0 Å². The Kier molecular flexibility index (Phi) is 1.09. The molecule has 0 N–H and O–H groups in total. The number of carbonyl (C=O) groups excluding carboxylic acids is 3. The summed E-state index contributed by atoms with van der Waals surface area (Å²) in [4.78, 5) is 33.7. The molecule has 3 heteroatoms. The van der Waals surface area contributed by atoms with Gasteiger partial charge in [0.1, 0.15) is 0 Å². The highest BCUT2D eigenvalue weighted by Gasteiger charge is 2.62. The summed E-state index contributed by atoms with van der Waals surface area (Å²) in [5.41, 5.74) is 0.293. The van der Waals surface area contributed by atoms with E-state index in [1.807, 2.05) is 0 Å². The third-order valence-corrected chi connectivity index (χ3v) is 3.87. The smallest absolute Gasteiger partial charge is 0.264 e. The van der Waals surface area contributed by atoms with Crippen molar-refractivity contribution < 1.29 is 14.4 Å². The molecule has 0 aromatic heterocycles. The number of hydrogen-bond acceptors (Lipinski definition) is 3. The van der Waals surface area contributed by atoms with Crippen LogP contribution < -0.4 is 0 Å². The van der Waals surface area contributed by atoms with Gasteiger partial charge in [0.15, 0.2) is 0 Å². The molecule has 3 aliphatic rings. The van der Waals surface area contributed by atoms with E-state index >= 15 is 0 Å². The summed E-state index contributed by atoms with van der Waals surface area (Å²) in [5, 5.41) is 0. The van der Waals surface area contributed by atoms with E-state index in [4.69, 9.17) is 0 Å². The largest absolute Gasteiger partial charge is 0.290 e. The Balaban J connectivity index is 1.98. The molecule has 13 heavy (non-hydrogen) atoms. The van der Waals surface area contributed by atoms with E-state index in [1.165, 1.54) is 0 Å². The minimum Gasteiger partial charge on any atom is -0.290 e. The van der Waals surface area contributed by atoms with Crippen LogP contribution in [0.15, 0.2) is 0 Å². The van der Waals surface area contributed by atoms with Crippen LogP contribution in [0.4, 0.5) is 0 Å². The van der Waals surface area contributed by atoms with Gasteiger partial charge in [0.2, 0.25) is 11.6 Å². The van der Waals surface area contributed by atoms with E-state index in [2.05, 4.69) is 0 Å². The van der Waals surface area contributed by atoms with Crippen LogP contribution in [0.5, 0.6) is 0 Å². The normalized spacial score (nSPS) is 40.2. The summed E-state index contributed by atoms with van der Waals surface area (Å²) in [6.45, 7) is 0. The fourth-order valence-electron chi connectivity index (χ4n) is 2.89. The van der Waals surface area contributed by atoms with Crippen LogP contribution >= 0.6 is 0 Å². The molecule has 0 bridgehead atoms. The molecule has 0 amide bonds. The Labute approximate surface area is 75.5 Å². The first kappa shape index (κ1) is 7.42. The third kappa shape index (κ3) is 0.773. The Morgan fingerprint density at radius 2 is 1.38 bits per heavy atom. The van der Waals surface area contributed by atoms with Crippen LogP contribution in [-0.2, 0) is 14.4 Å². The van der Waals surface area contributed by atoms with Crippen LogP contribution in [-0.4, -0.2) is 17.3 Å². The molecule has 0 heterocycles. The standard InChI is InChI=1S/C10H10O3/c11-7-5-3-10(1-2-10)4-6(5)8(12)9(7)13/h5-6H,1-4H2/t5-,6+. The summed E-state index contributed by atoms with van der Waals surface area (Å²) in [5.74, 6) is -2.01. The summed E-state index contributed by atoms with van der Waals surface area (Å²) < 4.78 is 0. The Bertz CT molecular complexity index is 310. The molecule has 0 aromatic rings. The second kappa shape index (κ2) is 1.91. The Hall–Kier alpha value is -0.990. The first-order chi connectivity index (χ1) is 6.13. The van der Waals surface area contributed by atoms with Gasteiger partial charge in [0.25, 0.3) is 5.78 Å². The lowest BCUT2D eigenvalue weighted by Gasteiger charge is -2.03. The van der Waals surface area contributed by atoms with E-state index in [1.54, 1.807) is 0 Å². The second-order valence-corrected chi connectivity index (χ2v) is 4.68. The van der Waals surface area contributed by atoms with Crippen molar-refractivity contribution in [3.8, 4) is 0 Å². The zero-order chi connectivity index (χ0) is 9.22. The van der Waals surface area contributed by atoms with Crippen molar-refractivity contribution in [1.29, 1.82) is 0 Å². The summed E-state index contributed by atoms with van der Waals surface area (Å²) >= 11 is 0. The van der Waals surface area contributed by atoms with Gasteiger partial charge in [-0.05, 0) is 31.1 Å². The predicted octanol–water partition coefficient (Wildman–Crippen LogP) is 0.514. The molecule has 0 saturated heterocycles. The highest BCUT2D eigenvalue weighted by atomic mass is 16.2. The molecule has 68 valence electrons. The molecular formula is C10H10O3. The average molecular weight is 178 g/mol. The highest BCUT2D eigenvalue weighted by molar-refractivity contribution is 6.68. The molecule has 3 saturated carbocycles. The topological polar surface area (TPSA) is 51.2 Å². The summed E-state index contributed by atoms with van der Waals surface area (Å²) in [6, 6.07) is 0. The molecule has 0 radical (unpaired) electrons. The van der Waals surface area contributed by atoms with E-state index in [9.17, 15) is 14.4 Å². The highest BCUT2D eigenvalue weighted by Crippen LogP contribution is 2.63. The fraction of sp³-hybridized carbons (Fsp3) is 0.700. The van der Waals surface area contributed by atoms with E-state index in [-0.39, 0.29) is 11.8 Å². The van der Waals surface area contributed by atoms with E-state index in [0.717, 1.165) is 25.7 Å². The van der Waals surface area contributed by atoms with Gasteiger partial charge in [-0.25, -0.2) is 0 Å². The monoisotopic (exact) mass is 178 g/mol. The number of fused-ring (bicyclic) bond motifs is 1. The number of Topliss-reactive ketones (excluding diaryl/α,β-unsaturated/α-hetero) is 3. The molecule has 0 aromatic carbocycles. The Morgan fingerprint density at radius 3 is 1.77 bits per heavy atom. The van der Waals surface area contributed by atoms with Crippen molar-refractivity contribution in [1.82, 2.24) is 0 Å². The minimum atomic E-state index is -0.731. The molecule has 3 aliphatic carbocycles. The molecule has 0 aliphatic heterocycles. The molecule has 3 fully saturated rings. The van der Waals surface area contributed by atoms with Gasteiger partial charge in [-0.2, -0.15) is 0 Å². The number of ketones is 3. The zero-order valence-corrected chi connectivity index (χ0v) is 7.21. The van der Waals surface area contributed by atoms with Crippen LogP contribution in [0.3, 0.4) is 0 Å². The maximum absolute atomic E-state index is 11.3. The van der Waals surface area contributed by atoms with Gasteiger partial charge >= 0.3 is 0 Å². The van der Waals surface area contributed by atoms with Crippen molar-refractivity contribution >= 4 is 17.3 Å². The molecular weight excluding hydrogens is 168 g/mol. The molecule has 3 nitrogen and oxygen atoms in total. The predicted molar refractivity (Wildman–Crippen MR) is 42.9 cm³/mol. The maximum Gasteiger partial charge on any atom is 0.264 e. The van der Waals surface area contributed by atoms with Crippen LogP contribution in [0.1, 0.15) is 25.7 Å².